The Bertz CT molecular complexity index is 336. The number of hydrogen-bond donors (Lipinski definition) is 2. The summed E-state index contributed by atoms with van der Waals surface area (Å²) in [6, 6.07) is 0. The van der Waals surface area contributed by atoms with Crippen LogP contribution in [0.3, 0.4) is 0 Å². The number of amides is 1. The monoisotopic (exact) mass is 210 g/mol. The van der Waals surface area contributed by atoms with Crippen LogP contribution in [0.25, 0.3) is 0 Å². The van der Waals surface area contributed by atoms with Crippen molar-refractivity contribution in [2.45, 2.75) is 6.42 Å². The summed E-state index contributed by atoms with van der Waals surface area (Å²) in [4.78, 5) is 16.2. The van der Waals surface area contributed by atoms with E-state index < -0.39 is 0 Å². The molecule has 0 unspecified atom stereocenters. The fourth-order valence-electron chi connectivity index (χ4n) is 1.22. The van der Waals surface area contributed by atoms with Gasteiger partial charge in [-0.2, -0.15) is 0 Å². The molecule has 5 nitrogen and oxygen atoms in total. The number of thiocarbonyl (C=S) groups is 1. The molecule has 0 bridgehead atoms. The van der Waals surface area contributed by atoms with Crippen LogP contribution in [0, 0.1) is 0 Å². The molecule has 74 valence electrons. The van der Waals surface area contributed by atoms with Gasteiger partial charge in [0.05, 0.1) is 13.0 Å². The highest BCUT2D eigenvalue weighted by Crippen LogP contribution is 2.03. The van der Waals surface area contributed by atoms with Crippen LogP contribution < -0.4 is 10.7 Å². The van der Waals surface area contributed by atoms with Gasteiger partial charge in [-0.15, -0.1) is 0 Å². The van der Waals surface area contributed by atoms with E-state index in [0.29, 0.717) is 10.8 Å². The normalized spacial score (nSPS) is 20.9. The average molecular weight is 210 g/mol. The Morgan fingerprint density at radius 2 is 2.50 bits per heavy atom. The molecule has 0 atom stereocenters. The molecule has 2 heterocycles. The van der Waals surface area contributed by atoms with Crippen molar-refractivity contribution < 1.29 is 4.79 Å². The first-order valence-electron chi connectivity index (χ1n) is 4.34. The van der Waals surface area contributed by atoms with Crippen molar-refractivity contribution >= 4 is 28.9 Å². The van der Waals surface area contributed by atoms with Gasteiger partial charge >= 0.3 is 0 Å². The summed E-state index contributed by atoms with van der Waals surface area (Å²) in [7, 11) is 0. The number of carbonyl (C=O) groups excluding carboxylic acids is 1. The Morgan fingerprint density at radius 3 is 3.14 bits per heavy atom. The van der Waals surface area contributed by atoms with Gasteiger partial charge < -0.3 is 5.32 Å². The van der Waals surface area contributed by atoms with Gasteiger partial charge in [0, 0.05) is 17.6 Å². The Labute approximate surface area is 86.8 Å². The predicted octanol–water partition coefficient (Wildman–Crippen LogP) is -0.434. The van der Waals surface area contributed by atoms with Crippen molar-refractivity contribution in [3.8, 4) is 0 Å². The number of guanidine groups is 1. The van der Waals surface area contributed by atoms with Crippen LogP contribution in [0.4, 0.5) is 0 Å². The number of rotatable bonds is 1. The molecular formula is C8H10N4OS. The molecule has 1 amide bonds. The Kier molecular flexibility index (Phi) is 2.45. The van der Waals surface area contributed by atoms with E-state index in [1.807, 2.05) is 0 Å². The lowest BCUT2D eigenvalue weighted by molar-refractivity contribution is -0.129. The fraction of sp³-hybridized carbons (Fsp3) is 0.375. The van der Waals surface area contributed by atoms with Crippen molar-refractivity contribution in [1.82, 2.24) is 15.8 Å². The zero-order chi connectivity index (χ0) is 9.97. The molecule has 0 aliphatic carbocycles. The second-order valence-electron chi connectivity index (χ2n) is 2.99. The maximum absolute atomic E-state index is 11.4. The highest BCUT2D eigenvalue weighted by molar-refractivity contribution is 7.80. The molecule has 0 saturated heterocycles. The number of carbonyl (C=O) groups is 1. The molecule has 0 fully saturated rings. The minimum atomic E-state index is -0.0612. The fourth-order valence-corrected chi connectivity index (χ4v) is 1.40. The smallest absolute Gasteiger partial charge is 0.250 e. The largest absolute Gasteiger partial charge is 0.353 e. The summed E-state index contributed by atoms with van der Waals surface area (Å²) in [5.41, 5.74) is 2.86. The van der Waals surface area contributed by atoms with Crippen molar-refractivity contribution in [1.29, 1.82) is 0 Å². The van der Waals surface area contributed by atoms with Gasteiger partial charge in [0.1, 0.15) is 0 Å². The van der Waals surface area contributed by atoms with Gasteiger partial charge in [-0.3, -0.25) is 15.2 Å². The van der Waals surface area contributed by atoms with E-state index in [-0.39, 0.29) is 12.3 Å². The van der Waals surface area contributed by atoms with Gasteiger partial charge in [-0.1, -0.05) is 12.2 Å². The number of nitrogens with one attached hydrogen (secondary N) is 2. The molecule has 2 aliphatic rings. The number of allylic oxidation sites excluding steroid dienone is 1. The van der Waals surface area contributed by atoms with Crippen LogP contribution in [0.5, 0.6) is 0 Å². The summed E-state index contributed by atoms with van der Waals surface area (Å²) in [5.74, 6) is 0.574. The van der Waals surface area contributed by atoms with Crippen molar-refractivity contribution in [3.63, 3.8) is 0 Å². The van der Waals surface area contributed by atoms with Crippen molar-refractivity contribution in [2.75, 3.05) is 13.1 Å². The van der Waals surface area contributed by atoms with E-state index in [1.165, 1.54) is 5.01 Å². The van der Waals surface area contributed by atoms with Crippen LogP contribution in [0.1, 0.15) is 6.42 Å². The van der Waals surface area contributed by atoms with E-state index in [9.17, 15) is 4.79 Å². The topological polar surface area (TPSA) is 56.7 Å². The lowest BCUT2D eigenvalue weighted by atomic mass is 10.2. The number of hydrazine groups is 1. The van der Waals surface area contributed by atoms with Gasteiger partial charge in [0.2, 0.25) is 11.9 Å². The Morgan fingerprint density at radius 1 is 1.64 bits per heavy atom. The summed E-state index contributed by atoms with van der Waals surface area (Å²) in [6.45, 7) is 1.55. The van der Waals surface area contributed by atoms with E-state index in [1.54, 1.807) is 12.3 Å². The minimum Gasteiger partial charge on any atom is -0.353 e. The van der Waals surface area contributed by atoms with Crippen LogP contribution >= 0.6 is 12.2 Å². The molecule has 0 aromatic carbocycles. The van der Waals surface area contributed by atoms with E-state index in [0.717, 1.165) is 13.1 Å². The van der Waals surface area contributed by atoms with Crippen LogP contribution in [0.15, 0.2) is 17.3 Å². The minimum absolute atomic E-state index is 0.0612. The van der Waals surface area contributed by atoms with Crippen LogP contribution in [0.2, 0.25) is 0 Å². The third kappa shape index (κ3) is 1.90. The van der Waals surface area contributed by atoms with Gasteiger partial charge in [0.25, 0.3) is 0 Å². The summed E-state index contributed by atoms with van der Waals surface area (Å²) >= 11 is 4.91. The third-order valence-corrected chi connectivity index (χ3v) is 2.18. The Balaban J connectivity index is 2.00. The second kappa shape index (κ2) is 3.75. The molecule has 2 N–H and O–H groups in total. The molecule has 2 rings (SSSR count). The quantitative estimate of drug-likeness (QED) is 0.576. The maximum atomic E-state index is 11.4. The summed E-state index contributed by atoms with van der Waals surface area (Å²) in [6.07, 6.45) is 3.64. The average Bonchev–Trinajstić information content (AvgIpc) is 2.62. The first kappa shape index (κ1) is 9.14. The molecule has 6 heteroatoms. The standard InChI is InChI=1S/C8H10N4OS/c13-7-5-6(14)1-4-12(7)11-8-9-2-3-10-8/h1,4H,2-3,5H2,(H2,9,10,11). The first-order valence-corrected chi connectivity index (χ1v) is 4.74. The van der Waals surface area contributed by atoms with Crippen LogP contribution in [-0.2, 0) is 4.79 Å². The SMILES string of the molecule is O=C1CC(=S)C=CN1NC1=NCCN1. The van der Waals surface area contributed by atoms with Gasteiger partial charge in [-0.05, 0) is 6.08 Å². The summed E-state index contributed by atoms with van der Waals surface area (Å²) in [5, 5.41) is 4.41. The lowest BCUT2D eigenvalue weighted by Gasteiger charge is -2.22. The van der Waals surface area contributed by atoms with Gasteiger partial charge in [0.15, 0.2) is 0 Å². The van der Waals surface area contributed by atoms with Crippen molar-refractivity contribution in [2.24, 2.45) is 4.99 Å². The van der Waals surface area contributed by atoms with E-state index >= 15 is 0 Å². The second-order valence-corrected chi connectivity index (χ2v) is 3.52. The Hall–Kier alpha value is -1.43. The first-order chi connectivity index (χ1) is 6.75. The van der Waals surface area contributed by atoms with E-state index in [2.05, 4.69) is 15.7 Å². The molecule has 14 heavy (non-hydrogen) atoms. The summed E-state index contributed by atoms with van der Waals surface area (Å²) < 4.78 is 0. The molecule has 2 aliphatic heterocycles. The van der Waals surface area contributed by atoms with Crippen molar-refractivity contribution in [3.05, 3.63) is 12.3 Å². The number of hydrogen-bond acceptors (Lipinski definition) is 5. The molecule has 0 spiro atoms. The highest BCUT2D eigenvalue weighted by Gasteiger charge is 2.18. The zero-order valence-corrected chi connectivity index (χ0v) is 8.30. The number of nitrogens with zero attached hydrogens (tertiary/aromatic N) is 2. The third-order valence-electron chi connectivity index (χ3n) is 1.90. The molecule has 0 saturated carbocycles. The number of aliphatic imine (C=N–C) groups is 1. The molecule has 0 radical (unpaired) electrons. The zero-order valence-electron chi connectivity index (χ0n) is 7.49. The van der Waals surface area contributed by atoms with E-state index in [4.69, 9.17) is 12.2 Å². The van der Waals surface area contributed by atoms with Gasteiger partial charge in [-0.25, -0.2) is 5.01 Å². The molecule has 0 aromatic rings. The predicted molar refractivity (Wildman–Crippen MR) is 56.6 cm³/mol. The van der Waals surface area contributed by atoms with Crippen LogP contribution in [-0.4, -0.2) is 34.8 Å². The molecule has 0 aromatic heterocycles. The lowest BCUT2D eigenvalue weighted by Crippen LogP contribution is -2.48. The highest BCUT2D eigenvalue weighted by atomic mass is 32.1. The maximum Gasteiger partial charge on any atom is 0.250 e. The molecular weight excluding hydrogens is 200 g/mol.